The minimum atomic E-state index is -3.32. The van der Waals surface area contributed by atoms with E-state index in [9.17, 15) is 14.2 Å². The van der Waals surface area contributed by atoms with Crippen LogP contribution in [0.15, 0.2) is 0 Å². The average molecular weight is 317 g/mol. The van der Waals surface area contributed by atoms with Crippen LogP contribution in [0.5, 0.6) is 0 Å². The molecular weight excluding hydrogens is 301 g/mol. The van der Waals surface area contributed by atoms with Crippen molar-refractivity contribution in [3.05, 3.63) is 0 Å². The van der Waals surface area contributed by atoms with Crippen molar-refractivity contribution < 1.29 is 28.9 Å². The summed E-state index contributed by atoms with van der Waals surface area (Å²) in [7, 11) is 0. The predicted octanol–water partition coefficient (Wildman–Crippen LogP) is 2.35. The number of hydrogen-bond acceptors (Lipinski definition) is 6. The van der Waals surface area contributed by atoms with Crippen molar-refractivity contribution in [3.63, 3.8) is 0 Å². The maximum atomic E-state index is 12.1. The Morgan fingerprint density at radius 1 is 1.39 bits per heavy atom. The molecule has 2 atom stereocenters. The molecule has 0 saturated heterocycles. The predicted molar refractivity (Wildman–Crippen MR) is 72.0 cm³/mol. The highest BCUT2D eigenvalue weighted by atomic mass is 33.1. The molecular formula is C8H16NO6PS2. The maximum Gasteiger partial charge on any atom is 0.321 e. The van der Waals surface area contributed by atoms with E-state index in [1.54, 1.807) is 0 Å². The average Bonchev–Trinajstić information content (AvgIpc) is 2.31. The number of nitrogens with one attached hydrogen (secondary N) is 1. The summed E-state index contributed by atoms with van der Waals surface area (Å²) in [5.41, 5.74) is -3.32. The van der Waals surface area contributed by atoms with Crippen LogP contribution in [0.25, 0.3) is 0 Å². The summed E-state index contributed by atoms with van der Waals surface area (Å²) in [4.78, 5) is 21.3. The second-order valence-electron chi connectivity index (χ2n) is 3.36. The van der Waals surface area contributed by atoms with Crippen molar-refractivity contribution in [1.82, 2.24) is 5.09 Å². The van der Waals surface area contributed by atoms with Crippen LogP contribution in [-0.2, 0) is 14.2 Å². The van der Waals surface area contributed by atoms with Gasteiger partial charge in [0, 0.05) is 12.2 Å². The van der Waals surface area contributed by atoms with Crippen LogP contribution in [0.4, 0.5) is 0 Å². The summed E-state index contributed by atoms with van der Waals surface area (Å²) in [5.74, 6) is -1.92. The number of hydrogen-bond donors (Lipinski definition) is 4. The van der Waals surface area contributed by atoms with Gasteiger partial charge in [0.15, 0.2) is 0 Å². The lowest BCUT2D eigenvalue weighted by Crippen LogP contribution is -2.34. The summed E-state index contributed by atoms with van der Waals surface area (Å²) in [6, 6.07) is -1.25. The molecule has 0 aromatic heterocycles. The Bertz CT molecular complexity index is 340. The minimum absolute atomic E-state index is 0.0888. The highest BCUT2D eigenvalue weighted by Crippen LogP contribution is 2.64. The van der Waals surface area contributed by atoms with Crippen molar-refractivity contribution >= 4 is 40.7 Å². The van der Waals surface area contributed by atoms with Crippen molar-refractivity contribution in [3.8, 4) is 0 Å². The Kier molecular flexibility index (Phi) is 8.71. The van der Waals surface area contributed by atoms with Crippen molar-refractivity contribution in [1.29, 1.82) is 0 Å². The molecule has 0 aliphatic carbocycles. The molecule has 4 N–H and O–H groups in total. The Morgan fingerprint density at radius 2 is 2.00 bits per heavy atom. The summed E-state index contributed by atoms with van der Waals surface area (Å²) >= 11 is 1.04. The van der Waals surface area contributed by atoms with E-state index in [2.05, 4.69) is 5.09 Å². The first-order chi connectivity index (χ1) is 8.34. The van der Waals surface area contributed by atoms with Crippen molar-refractivity contribution in [2.45, 2.75) is 32.2 Å². The molecule has 0 aliphatic heterocycles. The zero-order valence-electron chi connectivity index (χ0n) is 9.74. The molecule has 7 nitrogen and oxygen atoms in total. The van der Waals surface area contributed by atoms with Gasteiger partial charge in [-0.2, -0.15) is 0 Å². The first-order valence-corrected chi connectivity index (χ1v) is 9.82. The summed E-state index contributed by atoms with van der Waals surface area (Å²) in [6.45, 7) is 1.86. The lowest BCUT2D eigenvalue weighted by molar-refractivity contribution is -0.140. The fourth-order valence-corrected chi connectivity index (χ4v) is 5.84. The van der Waals surface area contributed by atoms with Crippen molar-refractivity contribution in [2.75, 3.05) is 5.75 Å². The van der Waals surface area contributed by atoms with Crippen LogP contribution < -0.4 is 5.09 Å². The van der Waals surface area contributed by atoms with Crippen LogP contribution in [0.1, 0.15) is 26.2 Å². The highest BCUT2D eigenvalue weighted by Gasteiger charge is 2.30. The smallest absolute Gasteiger partial charge is 0.321 e. The number of carboxylic acid groups (broad SMARTS) is 2. The van der Waals surface area contributed by atoms with Gasteiger partial charge in [-0.15, -0.1) is 0 Å². The highest BCUT2D eigenvalue weighted by molar-refractivity contribution is 8.88. The van der Waals surface area contributed by atoms with Gasteiger partial charge in [-0.25, -0.2) is 5.09 Å². The molecule has 0 fully saturated rings. The fourth-order valence-electron chi connectivity index (χ4n) is 0.998. The molecule has 10 heteroatoms. The van der Waals surface area contributed by atoms with Gasteiger partial charge in [0.1, 0.15) is 6.04 Å². The first kappa shape index (κ1) is 17.8. The number of carbonyl (C=O) groups is 2. The normalized spacial score (nSPS) is 15.9. The maximum absolute atomic E-state index is 12.1. The van der Waals surface area contributed by atoms with E-state index in [-0.39, 0.29) is 24.5 Å². The number of carboxylic acids is 2. The molecule has 2 unspecified atom stereocenters. The molecule has 18 heavy (non-hydrogen) atoms. The van der Waals surface area contributed by atoms with Crippen LogP contribution in [-0.4, -0.2) is 38.5 Å². The SMILES string of the molecule is CCCSP(=O)(NC(CCC(=O)O)C(=O)O)SO. The molecule has 0 bridgehead atoms. The molecule has 0 aliphatic rings. The third kappa shape index (κ3) is 7.27. The monoisotopic (exact) mass is 317 g/mol. The molecule has 0 heterocycles. The van der Waals surface area contributed by atoms with E-state index in [1.807, 2.05) is 6.92 Å². The molecule has 106 valence electrons. The molecule has 0 radical (unpaired) electrons. The lowest BCUT2D eigenvalue weighted by Gasteiger charge is -2.19. The molecule has 0 rings (SSSR count). The third-order valence-corrected chi connectivity index (χ3v) is 8.00. The topological polar surface area (TPSA) is 124 Å². The second kappa shape index (κ2) is 8.82. The molecule has 0 aromatic rings. The van der Waals surface area contributed by atoms with E-state index in [0.717, 1.165) is 17.8 Å². The van der Waals surface area contributed by atoms with Gasteiger partial charge in [0.2, 0.25) is 0 Å². The lowest BCUT2D eigenvalue weighted by atomic mass is 10.2. The van der Waals surface area contributed by atoms with E-state index < -0.39 is 23.7 Å². The number of rotatable bonds is 10. The van der Waals surface area contributed by atoms with Crippen LogP contribution in [0.3, 0.4) is 0 Å². The van der Waals surface area contributed by atoms with E-state index in [0.29, 0.717) is 5.75 Å². The van der Waals surface area contributed by atoms with Gasteiger partial charge in [-0.3, -0.25) is 14.2 Å². The van der Waals surface area contributed by atoms with Crippen LogP contribution in [0.2, 0.25) is 0 Å². The van der Waals surface area contributed by atoms with Gasteiger partial charge in [-0.1, -0.05) is 18.3 Å². The quantitative estimate of drug-likeness (QED) is 0.355. The molecule has 0 saturated carbocycles. The van der Waals surface area contributed by atoms with Gasteiger partial charge < -0.3 is 14.8 Å². The van der Waals surface area contributed by atoms with E-state index >= 15 is 0 Å². The standard InChI is InChI=1S/C8H16NO6PS2/c1-2-5-17-16(14,18-15)9-6(8(12)13)3-4-7(10)11/h6,15H,2-5H2,1H3,(H,9,14)(H,10,11)(H,12,13). The summed E-state index contributed by atoms with van der Waals surface area (Å²) in [5, 5.41) is 19.7. The Labute approximate surface area is 113 Å². The Balaban J connectivity index is 4.57. The molecule has 0 amide bonds. The van der Waals surface area contributed by atoms with Crippen LogP contribution in [0, 0.1) is 0 Å². The number of aliphatic carboxylic acids is 2. The van der Waals surface area contributed by atoms with E-state index in [4.69, 9.17) is 14.8 Å². The summed E-state index contributed by atoms with van der Waals surface area (Å²) < 4.78 is 21.0. The zero-order valence-corrected chi connectivity index (χ0v) is 12.3. The van der Waals surface area contributed by atoms with Gasteiger partial charge in [-0.05, 0) is 12.8 Å². The van der Waals surface area contributed by atoms with Crippen LogP contribution >= 0.6 is 28.7 Å². The molecule has 0 spiro atoms. The molecule has 0 aromatic carbocycles. The zero-order chi connectivity index (χ0) is 14.2. The van der Waals surface area contributed by atoms with Crippen molar-refractivity contribution in [2.24, 2.45) is 0 Å². The van der Waals surface area contributed by atoms with E-state index in [1.165, 1.54) is 0 Å². The van der Waals surface area contributed by atoms with Gasteiger partial charge in [0.05, 0.1) is 11.7 Å². The third-order valence-electron chi connectivity index (χ3n) is 1.83. The minimum Gasteiger partial charge on any atom is -0.481 e. The first-order valence-electron chi connectivity index (χ1n) is 5.14. The largest absolute Gasteiger partial charge is 0.481 e. The fraction of sp³-hybridized carbons (Fsp3) is 0.750. The summed E-state index contributed by atoms with van der Waals surface area (Å²) in [6.07, 6.45) is 0.185. The van der Waals surface area contributed by atoms with Gasteiger partial charge in [0.25, 0.3) is 5.70 Å². The Hall–Kier alpha value is -0.210. The Morgan fingerprint density at radius 3 is 2.39 bits per heavy atom. The second-order valence-corrected chi connectivity index (χ2v) is 10.5. The van der Waals surface area contributed by atoms with Gasteiger partial charge >= 0.3 is 11.9 Å².